The average Bonchev–Trinajstić information content (AvgIpc) is 2.27. The molecular weight excluding hydrogens is 182 g/mol. The molecule has 0 aliphatic rings. The highest BCUT2D eigenvalue weighted by Gasteiger charge is 1.99. The smallest absolute Gasteiger partial charge is 0.0346 e. The molecular formula is C14H11N. The zero-order valence-electron chi connectivity index (χ0n) is 8.57. The molecule has 3 aromatic rings. The molecule has 2 aromatic carbocycles. The van der Waals surface area contributed by atoms with E-state index in [1.165, 1.54) is 27.1 Å². The Kier molecular flexibility index (Phi) is 1.72. The van der Waals surface area contributed by atoms with Crippen LogP contribution in [0.3, 0.4) is 0 Å². The van der Waals surface area contributed by atoms with E-state index in [1.807, 2.05) is 12.4 Å². The summed E-state index contributed by atoms with van der Waals surface area (Å²) in [6, 6.07) is 12.9. The van der Waals surface area contributed by atoms with Crippen LogP contribution < -0.4 is 0 Å². The van der Waals surface area contributed by atoms with Crippen LogP contribution in [-0.4, -0.2) is 4.98 Å². The van der Waals surface area contributed by atoms with Crippen molar-refractivity contribution < 1.29 is 0 Å². The Labute approximate surface area is 88.4 Å². The zero-order chi connectivity index (χ0) is 10.3. The average molecular weight is 193 g/mol. The lowest BCUT2D eigenvalue weighted by Crippen LogP contribution is -1.82. The Hall–Kier alpha value is -1.89. The van der Waals surface area contributed by atoms with Crippen molar-refractivity contribution in [1.82, 2.24) is 4.98 Å². The van der Waals surface area contributed by atoms with Crippen molar-refractivity contribution in [3.8, 4) is 0 Å². The molecule has 0 atom stereocenters. The van der Waals surface area contributed by atoms with Gasteiger partial charge >= 0.3 is 0 Å². The van der Waals surface area contributed by atoms with Crippen LogP contribution in [0.5, 0.6) is 0 Å². The minimum atomic E-state index is 1.22. The predicted molar refractivity (Wildman–Crippen MR) is 64.0 cm³/mol. The summed E-state index contributed by atoms with van der Waals surface area (Å²) in [4.78, 5) is 4.22. The Morgan fingerprint density at radius 2 is 1.60 bits per heavy atom. The lowest BCUT2D eigenvalue weighted by molar-refractivity contribution is 1.31. The van der Waals surface area contributed by atoms with Crippen LogP contribution >= 0.6 is 0 Å². The fraction of sp³-hybridized carbons (Fsp3) is 0.0714. The van der Waals surface area contributed by atoms with Gasteiger partial charge in [-0.2, -0.15) is 0 Å². The number of hydrogen-bond donors (Lipinski definition) is 0. The van der Waals surface area contributed by atoms with Crippen molar-refractivity contribution in [2.45, 2.75) is 6.92 Å². The summed E-state index contributed by atoms with van der Waals surface area (Å²) >= 11 is 0. The first-order valence-electron chi connectivity index (χ1n) is 5.08. The molecule has 0 unspecified atom stereocenters. The third-order valence-corrected chi connectivity index (χ3v) is 2.82. The van der Waals surface area contributed by atoms with Gasteiger partial charge in [-0.1, -0.05) is 24.3 Å². The molecule has 0 spiro atoms. The summed E-state index contributed by atoms with van der Waals surface area (Å²) in [6.07, 6.45) is 3.84. The van der Waals surface area contributed by atoms with Crippen LogP contribution in [-0.2, 0) is 0 Å². The van der Waals surface area contributed by atoms with E-state index in [9.17, 15) is 0 Å². The second-order valence-electron chi connectivity index (χ2n) is 3.88. The zero-order valence-corrected chi connectivity index (χ0v) is 8.57. The van der Waals surface area contributed by atoms with E-state index in [0.717, 1.165) is 0 Å². The van der Waals surface area contributed by atoms with Crippen molar-refractivity contribution in [2.24, 2.45) is 0 Å². The normalized spacial score (nSPS) is 11.0. The first kappa shape index (κ1) is 8.42. The van der Waals surface area contributed by atoms with Gasteiger partial charge in [0.2, 0.25) is 0 Å². The maximum atomic E-state index is 4.22. The highest BCUT2D eigenvalue weighted by molar-refractivity contribution is 5.98. The molecule has 3 rings (SSSR count). The van der Waals surface area contributed by atoms with Gasteiger partial charge in [-0.15, -0.1) is 0 Å². The molecule has 0 radical (unpaired) electrons. The molecule has 1 nitrogen and oxygen atoms in total. The van der Waals surface area contributed by atoms with Gasteiger partial charge in [0.1, 0.15) is 0 Å². The quantitative estimate of drug-likeness (QED) is 0.496. The molecule has 0 bridgehead atoms. The lowest BCUT2D eigenvalue weighted by Gasteiger charge is -2.03. The predicted octanol–water partition coefficient (Wildman–Crippen LogP) is 3.70. The summed E-state index contributed by atoms with van der Waals surface area (Å²) in [6.45, 7) is 2.10. The van der Waals surface area contributed by atoms with E-state index in [4.69, 9.17) is 0 Å². The first-order valence-corrected chi connectivity index (χ1v) is 5.08. The van der Waals surface area contributed by atoms with E-state index in [0.29, 0.717) is 0 Å². The molecule has 0 aliphatic carbocycles. The molecule has 0 saturated heterocycles. The highest BCUT2D eigenvalue weighted by atomic mass is 14.6. The van der Waals surface area contributed by atoms with Crippen LogP contribution in [0, 0.1) is 6.92 Å². The Balaban J connectivity index is 2.53. The van der Waals surface area contributed by atoms with E-state index in [1.54, 1.807) is 0 Å². The molecule has 1 heterocycles. The minimum Gasteiger partial charge on any atom is -0.264 e. The highest BCUT2D eigenvalue weighted by Crippen LogP contribution is 2.23. The summed E-state index contributed by atoms with van der Waals surface area (Å²) < 4.78 is 0. The fourth-order valence-corrected chi connectivity index (χ4v) is 2.01. The van der Waals surface area contributed by atoms with Crippen LogP contribution in [0.2, 0.25) is 0 Å². The first-order chi connectivity index (χ1) is 7.34. The summed E-state index contributed by atoms with van der Waals surface area (Å²) in [5.41, 5.74) is 1.23. The topological polar surface area (TPSA) is 12.9 Å². The maximum absolute atomic E-state index is 4.22. The third-order valence-electron chi connectivity index (χ3n) is 2.82. The van der Waals surface area contributed by atoms with Gasteiger partial charge < -0.3 is 0 Å². The molecule has 1 heteroatoms. The second-order valence-corrected chi connectivity index (χ2v) is 3.88. The monoisotopic (exact) mass is 193 g/mol. The summed E-state index contributed by atoms with van der Waals surface area (Å²) in [5.74, 6) is 0. The third kappa shape index (κ3) is 1.28. The number of hydrogen-bond acceptors (Lipinski definition) is 1. The van der Waals surface area contributed by atoms with Crippen LogP contribution in [0.1, 0.15) is 5.56 Å². The lowest BCUT2D eigenvalue weighted by atomic mass is 10.0. The van der Waals surface area contributed by atoms with Crippen molar-refractivity contribution >= 4 is 21.5 Å². The van der Waals surface area contributed by atoms with Crippen molar-refractivity contribution in [3.05, 3.63) is 54.4 Å². The molecule has 0 amide bonds. The van der Waals surface area contributed by atoms with Crippen LogP contribution in [0.4, 0.5) is 0 Å². The summed E-state index contributed by atoms with van der Waals surface area (Å²) in [7, 11) is 0. The van der Waals surface area contributed by atoms with Gasteiger partial charge in [-0.3, -0.25) is 4.98 Å². The SMILES string of the molecule is Cc1cncc2cc3ccccc3cc12. The largest absolute Gasteiger partial charge is 0.264 e. The fourth-order valence-electron chi connectivity index (χ4n) is 2.01. The van der Waals surface area contributed by atoms with E-state index in [2.05, 4.69) is 48.3 Å². The van der Waals surface area contributed by atoms with Crippen LogP contribution in [0.15, 0.2) is 48.8 Å². The Morgan fingerprint density at radius 1 is 0.867 bits per heavy atom. The number of fused-ring (bicyclic) bond motifs is 2. The number of pyridine rings is 1. The summed E-state index contributed by atoms with van der Waals surface area (Å²) in [5, 5.41) is 5.08. The van der Waals surface area contributed by atoms with E-state index in [-0.39, 0.29) is 0 Å². The molecule has 1 aromatic heterocycles. The molecule has 0 fully saturated rings. The number of benzene rings is 2. The van der Waals surface area contributed by atoms with Crippen molar-refractivity contribution in [2.75, 3.05) is 0 Å². The van der Waals surface area contributed by atoms with Gasteiger partial charge in [0.15, 0.2) is 0 Å². The molecule has 0 N–H and O–H groups in total. The van der Waals surface area contributed by atoms with Gasteiger partial charge in [-0.25, -0.2) is 0 Å². The number of aromatic nitrogens is 1. The number of nitrogens with zero attached hydrogens (tertiary/aromatic N) is 1. The number of rotatable bonds is 0. The van der Waals surface area contributed by atoms with Crippen LogP contribution in [0.25, 0.3) is 21.5 Å². The van der Waals surface area contributed by atoms with Gasteiger partial charge in [-0.05, 0) is 40.8 Å². The molecule has 15 heavy (non-hydrogen) atoms. The maximum Gasteiger partial charge on any atom is 0.0346 e. The van der Waals surface area contributed by atoms with E-state index >= 15 is 0 Å². The number of aryl methyl sites for hydroxylation is 1. The molecule has 0 saturated carbocycles. The Morgan fingerprint density at radius 3 is 2.40 bits per heavy atom. The van der Waals surface area contributed by atoms with Crippen molar-refractivity contribution in [3.63, 3.8) is 0 Å². The van der Waals surface area contributed by atoms with Gasteiger partial charge in [0.05, 0.1) is 0 Å². The molecule has 72 valence electrons. The second kappa shape index (κ2) is 3.06. The van der Waals surface area contributed by atoms with Crippen molar-refractivity contribution in [1.29, 1.82) is 0 Å². The molecule has 0 aliphatic heterocycles. The van der Waals surface area contributed by atoms with Gasteiger partial charge in [0.25, 0.3) is 0 Å². The van der Waals surface area contributed by atoms with E-state index < -0.39 is 0 Å². The minimum absolute atomic E-state index is 1.22. The standard InChI is InChI=1S/C14H11N/c1-10-8-15-9-13-6-11-4-2-3-5-12(11)7-14(10)13/h2-9H,1H3. The Bertz CT molecular complexity index is 641. The van der Waals surface area contributed by atoms with Gasteiger partial charge in [0, 0.05) is 17.8 Å².